The fourth-order valence-electron chi connectivity index (χ4n) is 3.41. The predicted octanol–water partition coefficient (Wildman–Crippen LogP) is 2.81. The van der Waals surface area contributed by atoms with E-state index in [9.17, 15) is 4.79 Å². The third-order valence-corrected chi connectivity index (χ3v) is 4.89. The van der Waals surface area contributed by atoms with E-state index in [1.807, 2.05) is 24.3 Å². The van der Waals surface area contributed by atoms with E-state index in [-0.39, 0.29) is 6.03 Å². The number of carbonyl (C=O) groups is 1. The molecule has 2 aromatic rings. The number of hydrogen-bond donors (Lipinski definition) is 2. The summed E-state index contributed by atoms with van der Waals surface area (Å²) >= 11 is 0. The van der Waals surface area contributed by atoms with E-state index in [0.29, 0.717) is 18.3 Å². The Morgan fingerprint density at radius 1 is 1.15 bits per heavy atom. The van der Waals surface area contributed by atoms with Crippen LogP contribution in [0.5, 0.6) is 5.75 Å². The molecular weight excluding hydrogens is 340 g/mol. The van der Waals surface area contributed by atoms with Gasteiger partial charge >= 0.3 is 6.03 Å². The molecule has 3 rings (SSSR count). The summed E-state index contributed by atoms with van der Waals surface area (Å²) in [6.07, 6.45) is 0. The van der Waals surface area contributed by atoms with Crippen molar-refractivity contribution in [2.75, 3.05) is 52.2 Å². The van der Waals surface area contributed by atoms with Crippen molar-refractivity contribution in [3.05, 3.63) is 60.2 Å². The highest BCUT2D eigenvalue weighted by atomic mass is 16.5. The molecule has 1 aliphatic heterocycles. The second-order valence-electron chi connectivity index (χ2n) is 6.84. The van der Waals surface area contributed by atoms with Crippen LogP contribution in [0.2, 0.25) is 0 Å². The van der Waals surface area contributed by atoms with Gasteiger partial charge in [0.25, 0.3) is 0 Å². The van der Waals surface area contributed by atoms with Crippen LogP contribution >= 0.6 is 0 Å². The molecule has 1 aliphatic rings. The number of hydrogen-bond acceptors (Lipinski definition) is 4. The molecule has 0 radical (unpaired) electrons. The van der Waals surface area contributed by atoms with Gasteiger partial charge in [-0.05, 0) is 24.7 Å². The Labute approximate surface area is 161 Å². The maximum absolute atomic E-state index is 12.2. The smallest absolute Gasteiger partial charge is 0.319 e. The summed E-state index contributed by atoms with van der Waals surface area (Å²) in [5.41, 5.74) is 2.04. The van der Waals surface area contributed by atoms with Gasteiger partial charge < -0.3 is 20.3 Å². The van der Waals surface area contributed by atoms with Crippen molar-refractivity contribution in [3.8, 4) is 5.75 Å². The Morgan fingerprint density at radius 3 is 2.74 bits per heavy atom. The second kappa shape index (κ2) is 9.39. The molecule has 1 heterocycles. The number of anilines is 1. The highest BCUT2D eigenvalue weighted by Gasteiger charge is 2.26. The largest absolute Gasteiger partial charge is 0.497 e. The molecule has 0 aromatic heterocycles. The Balaban J connectivity index is 1.51. The molecule has 6 heteroatoms. The number of methoxy groups -OCH3 is 1. The molecule has 0 spiro atoms. The lowest BCUT2D eigenvalue weighted by Crippen LogP contribution is -2.49. The summed E-state index contributed by atoms with van der Waals surface area (Å²) in [5.74, 6) is 0.718. The van der Waals surface area contributed by atoms with Crippen molar-refractivity contribution in [3.63, 3.8) is 0 Å². The van der Waals surface area contributed by atoms with Crippen LogP contribution in [0.1, 0.15) is 11.6 Å². The van der Waals surface area contributed by atoms with Crippen LogP contribution in [0.25, 0.3) is 0 Å². The van der Waals surface area contributed by atoms with Gasteiger partial charge in [-0.2, -0.15) is 0 Å². The molecular formula is C21H28N4O2. The number of ether oxygens (including phenoxy) is 1. The van der Waals surface area contributed by atoms with E-state index >= 15 is 0 Å². The number of carbonyl (C=O) groups excluding carboxylic acids is 1. The van der Waals surface area contributed by atoms with Gasteiger partial charge in [0.2, 0.25) is 0 Å². The van der Waals surface area contributed by atoms with Crippen molar-refractivity contribution in [1.82, 2.24) is 15.1 Å². The number of rotatable bonds is 6. The van der Waals surface area contributed by atoms with Crippen LogP contribution < -0.4 is 15.4 Å². The molecule has 0 unspecified atom stereocenters. The minimum absolute atomic E-state index is 0.200. The van der Waals surface area contributed by atoms with Crippen LogP contribution in [0.15, 0.2) is 54.6 Å². The molecule has 1 atom stereocenters. The Bertz CT molecular complexity index is 738. The summed E-state index contributed by atoms with van der Waals surface area (Å²) in [6, 6.07) is 18.1. The highest BCUT2D eigenvalue weighted by molar-refractivity contribution is 5.89. The normalized spacial score (nSPS) is 18.1. The summed E-state index contributed by atoms with van der Waals surface area (Å²) in [6.45, 7) is 4.45. The molecule has 0 aliphatic carbocycles. The maximum atomic E-state index is 12.2. The first-order valence-electron chi connectivity index (χ1n) is 9.32. The fraction of sp³-hybridized carbons (Fsp3) is 0.381. The van der Waals surface area contributed by atoms with E-state index in [1.54, 1.807) is 13.2 Å². The summed E-state index contributed by atoms with van der Waals surface area (Å²) < 4.78 is 5.18. The molecule has 2 amide bonds. The topological polar surface area (TPSA) is 56.8 Å². The molecule has 27 heavy (non-hydrogen) atoms. The van der Waals surface area contributed by atoms with Gasteiger partial charge in [0.15, 0.2) is 0 Å². The molecule has 0 bridgehead atoms. The van der Waals surface area contributed by atoms with Gasteiger partial charge in [0, 0.05) is 50.5 Å². The van der Waals surface area contributed by atoms with E-state index in [0.717, 1.165) is 31.9 Å². The summed E-state index contributed by atoms with van der Waals surface area (Å²) in [4.78, 5) is 17.0. The zero-order valence-electron chi connectivity index (χ0n) is 16.0. The van der Waals surface area contributed by atoms with Gasteiger partial charge in [0.05, 0.1) is 7.11 Å². The summed E-state index contributed by atoms with van der Waals surface area (Å²) in [5, 5.41) is 5.80. The first-order chi connectivity index (χ1) is 13.2. The number of piperazine rings is 1. The SMILES string of the molecule is COc1cccc(NC(=O)NCCN2CCN(C)C[C@@H]2c2ccccc2)c1. The average molecular weight is 368 g/mol. The lowest BCUT2D eigenvalue weighted by molar-refractivity contribution is 0.0913. The van der Waals surface area contributed by atoms with E-state index in [2.05, 4.69) is 51.7 Å². The number of likely N-dealkylation sites (N-methyl/N-ethyl adjacent to an activating group) is 1. The Morgan fingerprint density at radius 2 is 1.96 bits per heavy atom. The van der Waals surface area contributed by atoms with E-state index < -0.39 is 0 Å². The monoisotopic (exact) mass is 368 g/mol. The number of benzene rings is 2. The quantitative estimate of drug-likeness (QED) is 0.823. The van der Waals surface area contributed by atoms with Gasteiger partial charge in [-0.25, -0.2) is 4.79 Å². The minimum atomic E-state index is -0.200. The Kier molecular flexibility index (Phi) is 6.68. The zero-order chi connectivity index (χ0) is 19.1. The Hall–Kier alpha value is -2.57. The van der Waals surface area contributed by atoms with Gasteiger partial charge in [-0.1, -0.05) is 36.4 Å². The fourth-order valence-corrected chi connectivity index (χ4v) is 3.41. The van der Waals surface area contributed by atoms with Crippen molar-refractivity contribution in [1.29, 1.82) is 0 Å². The first kappa shape index (κ1) is 19.2. The molecule has 2 N–H and O–H groups in total. The zero-order valence-corrected chi connectivity index (χ0v) is 16.0. The van der Waals surface area contributed by atoms with Crippen LogP contribution in [0.3, 0.4) is 0 Å². The molecule has 1 fully saturated rings. The predicted molar refractivity (Wildman–Crippen MR) is 108 cm³/mol. The van der Waals surface area contributed by atoms with Crippen molar-refractivity contribution in [2.24, 2.45) is 0 Å². The number of amides is 2. The molecule has 6 nitrogen and oxygen atoms in total. The van der Waals surface area contributed by atoms with Crippen molar-refractivity contribution >= 4 is 11.7 Å². The van der Waals surface area contributed by atoms with Crippen molar-refractivity contribution < 1.29 is 9.53 Å². The van der Waals surface area contributed by atoms with Crippen LogP contribution in [0.4, 0.5) is 10.5 Å². The van der Waals surface area contributed by atoms with E-state index in [4.69, 9.17) is 4.74 Å². The van der Waals surface area contributed by atoms with Gasteiger partial charge in [-0.3, -0.25) is 4.90 Å². The van der Waals surface area contributed by atoms with Crippen molar-refractivity contribution in [2.45, 2.75) is 6.04 Å². The molecule has 144 valence electrons. The van der Waals surface area contributed by atoms with Crippen LogP contribution in [-0.4, -0.2) is 62.7 Å². The second-order valence-corrected chi connectivity index (χ2v) is 6.84. The minimum Gasteiger partial charge on any atom is -0.497 e. The standard InChI is InChI=1S/C21H28N4O2/c1-24-13-14-25(20(16-24)17-7-4-3-5-8-17)12-11-22-21(26)23-18-9-6-10-19(15-18)27-2/h3-10,15,20H,11-14,16H2,1-2H3,(H2,22,23,26)/t20-/m1/s1. The first-order valence-corrected chi connectivity index (χ1v) is 9.32. The van der Waals surface area contributed by atoms with Crippen LogP contribution in [-0.2, 0) is 0 Å². The summed E-state index contributed by atoms with van der Waals surface area (Å²) in [7, 11) is 3.77. The third kappa shape index (κ3) is 5.45. The number of urea groups is 1. The van der Waals surface area contributed by atoms with Gasteiger partial charge in [-0.15, -0.1) is 0 Å². The molecule has 1 saturated heterocycles. The maximum Gasteiger partial charge on any atom is 0.319 e. The third-order valence-electron chi connectivity index (χ3n) is 4.89. The average Bonchev–Trinajstić information content (AvgIpc) is 2.70. The number of nitrogens with one attached hydrogen (secondary N) is 2. The number of nitrogens with zero attached hydrogens (tertiary/aromatic N) is 2. The lowest BCUT2D eigenvalue weighted by atomic mass is 10.0. The molecule has 2 aromatic carbocycles. The van der Waals surface area contributed by atoms with Gasteiger partial charge in [0.1, 0.15) is 5.75 Å². The highest BCUT2D eigenvalue weighted by Crippen LogP contribution is 2.24. The van der Waals surface area contributed by atoms with Crippen LogP contribution in [0, 0.1) is 0 Å². The lowest BCUT2D eigenvalue weighted by Gasteiger charge is -2.40. The molecule has 0 saturated carbocycles. The van der Waals surface area contributed by atoms with E-state index in [1.165, 1.54) is 5.56 Å².